The van der Waals surface area contributed by atoms with Gasteiger partial charge in [-0.15, -0.1) is 6.58 Å². The molecule has 0 bridgehead atoms. The lowest BCUT2D eigenvalue weighted by Gasteiger charge is -2.13. The van der Waals surface area contributed by atoms with Gasteiger partial charge in [0.05, 0.1) is 4.92 Å². The first kappa shape index (κ1) is 13.4. The third-order valence-corrected chi connectivity index (χ3v) is 2.12. The summed E-state index contributed by atoms with van der Waals surface area (Å²) in [5.41, 5.74) is 5.06. The molecule has 8 heteroatoms. The molecule has 1 aromatic rings. The van der Waals surface area contributed by atoms with Crippen molar-refractivity contribution in [2.75, 3.05) is 11.1 Å². The summed E-state index contributed by atoms with van der Waals surface area (Å²) in [7, 11) is 0. The fourth-order valence-corrected chi connectivity index (χ4v) is 1.27. The van der Waals surface area contributed by atoms with E-state index in [4.69, 9.17) is 10.8 Å². The summed E-state index contributed by atoms with van der Waals surface area (Å²) in [5.74, 6) is -1.19. The molecule has 0 saturated carbocycles. The fraction of sp³-hybridized carbons (Fsp3) is 0.200. The minimum absolute atomic E-state index is 0.160. The van der Waals surface area contributed by atoms with Gasteiger partial charge in [-0.3, -0.25) is 10.1 Å². The molecule has 0 spiro atoms. The highest BCUT2D eigenvalue weighted by molar-refractivity contribution is 5.77. The van der Waals surface area contributed by atoms with Crippen LogP contribution in [0.25, 0.3) is 0 Å². The van der Waals surface area contributed by atoms with E-state index in [1.165, 1.54) is 12.1 Å². The van der Waals surface area contributed by atoms with Crippen LogP contribution in [-0.2, 0) is 4.79 Å². The third-order valence-electron chi connectivity index (χ3n) is 2.12. The van der Waals surface area contributed by atoms with Gasteiger partial charge in [0, 0.05) is 6.07 Å². The van der Waals surface area contributed by atoms with E-state index in [2.05, 4.69) is 16.9 Å². The normalized spacial score (nSPS) is 11.6. The van der Waals surface area contributed by atoms with E-state index in [9.17, 15) is 14.9 Å². The highest BCUT2D eigenvalue weighted by Gasteiger charge is 2.18. The van der Waals surface area contributed by atoms with E-state index in [1.54, 1.807) is 0 Å². The Morgan fingerprint density at radius 3 is 2.83 bits per heavy atom. The quantitative estimate of drug-likeness (QED) is 0.391. The topological polar surface area (TPSA) is 131 Å². The first-order valence-corrected chi connectivity index (χ1v) is 4.97. The predicted molar refractivity (Wildman–Crippen MR) is 65.2 cm³/mol. The summed E-state index contributed by atoms with van der Waals surface area (Å²) in [6.07, 6.45) is 1.63. The molecular formula is C10H12N4O4. The summed E-state index contributed by atoms with van der Waals surface area (Å²) in [6, 6.07) is 1.56. The molecule has 0 saturated heterocycles. The largest absolute Gasteiger partial charge is 0.480 e. The van der Waals surface area contributed by atoms with E-state index < -0.39 is 16.9 Å². The zero-order chi connectivity index (χ0) is 13.7. The van der Waals surface area contributed by atoms with Crippen LogP contribution in [0.2, 0.25) is 0 Å². The number of nitrogens with two attached hydrogens (primary N) is 1. The number of pyridine rings is 1. The highest BCUT2D eigenvalue weighted by Crippen LogP contribution is 2.21. The van der Waals surface area contributed by atoms with E-state index >= 15 is 0 Å². The van der Waals surface area contributed by atoms with E-state index in [0.717, 1.165) is 6.07 Å². The fourth-order valence-electron chi connectivity index (χ4n) is 1.27. The maximum absolute atomic E-state index is 10.9. The van der Waals surface area contributed by atoms with Gasteiger partial charge in [-0.25, -0.2) is 9.78 Å². The molecule has 0 radical (unpaired) electrons. The first-order valence-electron chi connectivity index (χ1n) is 4.97. The number of carboxylic acid groups (broad SMARTS) is 1. The summed E-state index contributed by atoms with van der Waals surface area (Å²) in [4.78, 5) is 24.5. The lowest BCUT2D eigenvalue weighted by atomic mass is 10.2. The molecule has 1 aromatic heterocycles. The third kappa shape index (κ3) is 3.17. The van der Waals surface area contributed by atoms with Gasteiger partial charge < -0.3 is 16.2 Å². The van der Waals surface area contributed by atoms with Crippen molar-refractivity contribution in [2.24, 2.45) is 0 Å². The smallest absolute Gasteiger partial charge is 0.326 e. The summed E-state index contributed by atoms with van der Waals surface area (Å²) in [5, 5.41) is 22.0. The molecule has 8 nitrogen and oxygen atoms in total. The molecule has 0 aliphatic rings. The van der Waals surface area contributed by atoms with Crippen molar-refractivity contribution in [3.05, 3.63) is 34.9 Å². The molecule has 4 N–H and O–H groups in total. The number of aliphatic carboxylic acids is 1. The molecule has 0 aliphatic carbocycles. The summed E-state index contributed by atoms with van der Waals surface area (Å²) < 4.78 is 0. The Bertz CT molecular complexity index is 489. The van der Waals surface area contributed by atoms with Crippen LogP contribution >= 0.6 is 0 Å². The summed E-state index contributed by atoms with van der Waals surface area (Å²) in [6.45, 7) is 3.44. The number of nitrogen functional groups attached to an aromatic ring is 1. The molecule has 1 heterocycles. The van der Waals surface area contributed by atoms with Gasteiger partial charge in [0.1, 0.15) is 11.9 Å². The maximum atomic E-state index is 10.9. The number of nitrogens with zero attached hydrogens (tertiary/aromatic N) is 2. The van der Waals surface area contributed by atoms with Gasteiger partial charge >= 0.3 is 11.7 Å². The van der Waals surface area contributed by atoms with Crippen molar-refractivity contribution in [3.8, 4) is 0 Å². The van der Waals surface area contributed by atoms with E-state index in [-0.39, 0.29) is 23.7 Å². The van der Waals surface area contributed by atoms with Crippen molar-refractivity contribution in [1.29, 1.82) is 0 Å². The van der Waals surface area contributed by atoms with Crippen molar-refractivity contribution < 1.29 is 14.8 Å². The average molecular weight is 252 g/mol. The maximum Gasteiger partial charge on any atom is 0.326 e. The van der Waals surface area contributed by atoms with E-state index in [0.29, 0.717) is 0 Å². The Morgan fingerprint density at radius 1 is 1.72 bits per heavy atom. The number of hydrogen-bond donors (Lipinski definition) is 3. The van der Waals surface area contributed by atoms with Gasteiger partial charge in [-0.05, 0) is 12.5 Å². The van der Waals surface area contributed by atoms with Crippen molar-refractivity contribution in [1.82, 2.24) is 4.98 Å². The number of aromatic nitrogens is 1. The Balaban J connectivity index is 2.91. The average Bonchev–Trinajstić information content (AvgIpc) is 2.27. The summed E-state index contributed by atoms with van der Waals surface area (Å²) >= 11 is 0. The number of nitro groups is 1. The molecule has 0 aromatic carbocycles. The van der Waals surface area contributed by atoms with Crippen LogP contribution < -0.4 is 11.1 Å². The lowest BCUT2D eigenvalue weighted by Crippen LogP contribution is -2.29. The number of carbonyl (C=O) groups is 1. The zero-order valence-corrected chi connectivity index (χ0v) is 9.37. The molecular weight excluding hydrogens is 240 g/mol. The SMILES string of the molecule is C=CCC(Nc1ccc([N+](=O)[O-])c(N)n1)C(=O)O. The number of rotatable bonds is 6. The van der Waals surface area contributed by atoms with Gasteiger partial charge in [-0.2, -0.15) is 0 Å². The van der Waals surface area contributed by atoms with Gasteiger partial charge in [0.15, 0.2) is 0 Å². The van der Waals surface area contributed by atoms with Crippen LogP contribution in [0.5, 0.6) is 0 Å². The molecule has 1 rings (SSSR count). The molecule has 96 valence electrons. The second-order valence-corrected chi connectivity index (χ2v) is 3.42. The molecule has 1 unspecified atom stereocenters. The predicted octanol–water partition coefficient (Wildman–Crippen LogP) is 1.01. The van der Waals surface area contributed by atoms with Crippen LogP contribution in [0.15, 0.2) is 24.8 Å². The molecule has 1 atom stereocenters. The minimum atomic E-state index is -1.08. The van der Waals surface area contributed by atoms with Crippen molar-refractivity contribution >= 4 is 23.3 Å². The van der Waals surface area contributed by atoms with Crippen LogP contribution in [-0.4, -0.2) is 27.0 Å². The Labute approximate surface area is 102 Å². The van der Waals surface area contributed by atoms with Gasteiger partial charge in [-0.1, -0.05) is 6.08 Å². The van der Waals surface area contributed by atoms with E-state index in [1.807, 2.05) is 0 Å². The van der Waals surface area contributed by atoms with Gasteiger partial charge in [0.2, 0.25) is 5.82 Å². The second-order valence-electron chi connectivity index (χ2n) is 3.42. The zero-order valence-electron chi connectivity index (χ0n) is 9.37. The van der Waals surface area contributed by atoms with Crippen LogP contribution in [0.4, 0.5) is 17.3 Å². The Morgan fingerprint density at radius 2 is 2.39 bits per heavy atom. The molecule has 0 aliphatic heterocycles. The standard InChI is InChI=1S/C10H12N4O4/c1-2-3-6(10(15)16)12-8-5-4-7(14(17)18)9(11)13-8/h2,4-6H,1,3H2,(H,15,16)(H3,11,12,13). The lowest BCUT2D eigenvalue weighted by molar-refractivity contribution is -0.384. The molecule has 0 fully saturated rings. The monoisotopic (exact) mass is 252 g/mol. The Hall–Kier alpha value is -2.64. The van der Waals surface area contributed by atoms with Gasteiger partial charge in [0.25, 0.3) is 0 Å². The van der Waals surface area contributed by atoms with Crippen molar-refractivity contribution in [3.63, 3.8) is 0 Å². The highest BCUT2D eigenvalue weighted by atomic mass is 16.6. The number of hydrogen-bond acceptors (Lipinski definition) is 6. The van der Waals surface area contributed by atoms with Crippen molar-refractivity contribution in [2.45, 2.75) is 12.5 Å². The van der Waals surface area contributed by atoms with Crippen LogP contribution in [0.3, 0.4) is 0 Å². The molecule has 18 heavy (non-hydrogen) atoms. The molecule has 0 amide bonds. The van der Waals surface area contributed by atoms with Crippen LogP contribution in [0, 0.1) is 10.1 Å². The second kappa shape index (κ2) is 5.62. The van der Waals surface area contributed by atoms with Crippen LogP contribution in [0.1, 0.15) is 6.42 Å². The number of anilines is 2. The minimum Gasteiger partial charge on any atom is -0.480 e. The number of nitrogens with one attached hydrogen (secondary N) is 1. The first-order chi connectivity index (χ1) is 8.45. The number of carboxylic acids is 1. The Kier molecular flexibility index (Phi) is 4.19.